The van der Waals surface area contributed by atoms with Gasteiger partial charge in [0.25, 0.3) is 5.91 Å². The molecule has 1 aliphatic heterocycles. The van der Waals surface area contributed by atoms with E-state index < -0.39 is 0 Å². The van der Waals surface area contributed by atoms with Gasteiger partial charge >= 0.3 is 0 Å². The molecule has 1 amide bonds. The van der Waals surface area contributed by atoms with Crippen molar-refractivity contribution in [3.63, 3.8) is 0 Å². The largest absolute Gasteiger partial charge is 0.368 e. The number of para-hydroxylation sites is 1. The normalized spacial score (nSPS) is 13.9. The van der Waals surface area contributed by atoms with Crippen molar-refractivity contribution in [2.24, 2.45) is 0 Å². The topological polar surface area (TPSA) is 48.5 Å². The molecule has 2 aromatic carbocycles. The van der Waals surface area contributed by atoms with E-state index in [9.17, 15) is 4.79 Å². The predicted molar refractivity (Wildman–Crippen MR) is 127 cm³/mol. The maximum Gasteiger partial charge on any atom is 0.255 e. The first-order valence-electron chi connectivity index (χ1n) is 10.1. The molecular formula is C24H26N4OS. The Morgan fingerprint density at radius 2 is 1.63 bits per heavy atom. The zero-order valence-corrected chi connectivity index (χ0v) is 17.9. The summed E-state index contributed by atoms with van der Waals surface area (Å²) in [6.45, 7) is 3.79. The van der Waals surface area contributed by atoms with Crippen LogP contribution in [0.5, 0.6) is 0 Å². The number of hydrogen-bond acceptors (Lipinski definition) is 5. The van der Waals surface area contributed by atoms with Gasteiger partial charge in [-0.3, -0.25) is 4.79 Å². The highest BCUT2D eigenvalue weighted by Crippen LogP contribution is 2.20. The third-order valence-corrected chi connectivity index (χ3v) is 5.88. The van der Waals surface area contributed by atoms with Crippen molar-refractivity contribution in [2.45, 2.75) is 5.75 Å². The highest BCUT2D eigenvalue weighted by atomic mass is 32.2. The van der Waals surface area contributed by atoms with Gasteiger partial charge in [0.15, 0.2) is 0 Å². The van der Waals surface area contributed by atoms with Gasteiger partial charge in [-0.15, -0.1) is 0 Å². The van der Waals surface area contributed by atoms with Gasteiger partial charge in [0.05, 0.1) is 11.9 Å². The third-order valence-electron chi connectivity index (χ3n) is 5.26. The molecule has 0 aliphatic carbocycles. The number of carbonyl (C=O) groups is 1. The van der Waals surface area contributed by atoms with Crippen molar-refractivity contribution < 1.29 is 4.79 Å². The molecule has 0 radical (unpaired) electrons. The van der Waals surface area contributed by atoms with E-state index in [1.807, 2.05) is 42.5 Å². The van der Waals surface area contributed by atoms with Crippen LogP contribution in [-0.4, -0.2) is 43.3 Å². The second kappa shape index (κ2) is 9.67. The minimum Gasteiger partial charge on any atom is -0.368 e. The number of hydrogen-bond donors (Lipinski definition) is 1. The maximum atomic E-state index is 12.5. The molecule has 1 N–H and O–H groups in total. The number of benzene rings is 2. The predicted octanol–water partition coefficient (Wildman–Crippen LogP) is 4.52. The number of nitrogens with zero attached hydrogens (tertiary/aromatic N) is 3. The quantitative estimate of drug-likeness (QED) is 0.638. The first kappa shape index (κ1) is 20.3. The molecule has 2 heterocycles. The number of carbonyl (C=O) groups excluding carboxylic acids is 1. The average Bonchev–Trinajstić information content (AvgIpc) is 2.81. The van der Waals surface area contributed by atoms with Gasteiger partial charge in [-0.1, -0.05) is 30.3 Å². The van der Waals surface area contributed by atoms with Gasteiger partial charge < -0.3 is 15.1 Å². The lowest BCUT2D eigenvalue weighted by atomic mass is 10.1. The molecule has 0 unspecified atom stereocenters. The summed E-state index contributed by atoms with van der Waals surface area (Å²) in [5.41, 5.74) is 3.85. The summed E-state index contributed by atoms with van der Waals surface area (Å²) >= 11 is 1.77. The summed E-state index contributed by atoms with van der Waals surface area (Å²) in [6, 6.07) is 22.2. The zero-order chi connectivity index (χ0) is 20.8. The van der Waals surface area contributed by atoms with Gasteiger partial charge in [0, 0.05) is 43.2 Å². The lowest BCUT2D eigenvalue weighted by Crippen LogP contribution is -2.46. The molecule has 0 atom stereocenters. The first-order valence-corrected chi connectivity index (χ1v) is 11.5. The van der Waals surface area contributed by atoms with Crippen LogP contribution in [-0.2, 0) is 5.75 Å². The Kier molecular flexibility index (Phi) is 6.54. The molecule has 0 bridgehead atoms. The number of piperazine rings is 1. The molecule has 1 saturated heterocycles. The molecule has 0 spiro atoms. The van der Waals surface area contributed by atoms with Crippen molar-refractivity contribution in [1.82, 2.24) is 4.98 Å². The Hall–Kier alpha value is -2.99. The number of thioether (sulfide) groups is 1. The number of anilines is 3. The van der Waals surface area contributed by atoms with Crippen LogP contribution in [0.3, 0.4) is 0 Å². The number of pyridine rings is 1. The van der Waals surface area contributed by atoms with Crippen molar-refractivity contribution in [1.29, 1.82) is 0 Å². The van der Waals surface area contributed by atoms with Gasteiger partial charge in [-0.25, -0.2) is 4.98 Å². The lowest BCUT2D eigenvalue weighted by molar-refractivity contribution is 0.102. The fraction of sp³-hybridized carbons (Fsp3) is 0.250. The third kappa shape index (κ3) is 4.94. The highest BCUT2D eigenvalue weighted by Gasteiger charge is 2.18. The van der Waals surface area contributed by atoms with E-state index in [1.165, 1.54) is 11.3 Å². The number of rotatable bonds is 6. The average molecular weight is 419 g/mol. The van der Waals surface area contributed by atoms with Crippen LogP contribution in [0.2, 0.25) is 0 Å². The Morgan fingerprint density at radius 1 is 0.933 bits per heavy atom. The highest BCUT2D eigenvalue weighted by molar-refractivity contribution is 7.97. The Balaban J connectivity index is 1.32. The minimum atomic E-state index is -0.114. The molecule has 3 aromatic rings. The van der Waals surface area contributed by atoms with E-state index in [-0.39, 0.29) is 5.91 Å². The number of nitrogens with one attached hydrogen (secondary N) is 1. The van der Waals surface area contributed by atoms with Gasteiger partial charge in [-0.2, -0.15) is 11.8 Å². The van der Waals surface area contributed by atoms with Crippen LogP contribution >= 0.6 is 11.8 Å². The van der Waals surface area contributed by atoms with E-state index in [2.05, 4.69) is 50.6 Å². The van der Waals surface area contributed by atoms with Crippen LogP contribution in [0.1, 0.15) is 15.9 Å². The Morgan fingerprint density at radius 3 is 2.27 bits per heavy atom. The van der Waals surface area contributed by atoms with E-state index in [0.717, 1.165) is 37.7 Å². The summed E-state index contributed by atoms with van der Waals surface area (Å²) in [6.07, 6.45) is 3.80. The van der Waals surface area contributed by atoms with E-state index in [4.69, 9.17) is 0 Å². The second-order valence-corrected chi connectivity index (χ2v) is 8.16. The Labute approximate surface area is 182 Å². The molecule has 0 saturated carbocycles. The Bertz CT molecular complexity index is 953. The molecule has 1 aliphatic rings. The molecule has 1 fully saturated rings. The first-order chi connectivity index (χ1) is 14.7. The monoisotopic (exact) mass is 418 g/mol. The van der Waals surface area contributed by atoms with Crippen LogP contribution in [0.15, 0.2) is 72.9 Å². The summed E-state index contributed by atoms with van der Waals surface area (Å²) in [5, 5.41) is 2.93. The standard InChI is InChI=1S/C24H26N4OS/c1-30-18-19-7-9-20(10-8-19)24(29)26-21-11-12-23(25-17-21)28-15-13-27(14-16-28)22-5-3-2-4-6-22/h2-12,17H,13-16,18H2,1H3,(H,26,29). The van der Waals surface area contributed by atoms with Crippen LogP contribution < -0.4 is 15.1 Å². The van der Waals surface area contributed by atoms with Crippen molar-refractivity contribution in [3.05, 3.63) is 84.1 Å². The molecule has 30 heavy (non-hydrogen) atoms. The SMILES string of the molecule is CSCc1ccc(C(=O)Nc2ccc(N3CCN(c4ccccc4)CC3)nc2)cc1. The maximum absolute atomic E-state index is 12.5. The lowest BCUT2D eigenvalue weighted by Gasteiger charge is -2.36. The van der Waals surface area contributed by atoms with Gasteiger partial charge in [0.2, 0.25) is 0 Å². The smallest absolute Gasteiger partial charge is 0.255 e. The summed E-state index contributed by atoms with van der Waals surface area (Å²) in [7, 11) is 0. The van der Waals surface area contributed by atoms with E-state index >= 15 is 0 Å². The van der Waals surface area contributed by atoms with E-state index in [1.54, 1.807) is 18.0 Å². The zero-order valence-electron chi connectivity index (χ0n) is 17.1. The molecule has 6 heteroatoms. The molecule has 5 nitrogen and oxygen atoms in total. The second-order valence-electron chi connectivity index (χ2n) is 7.30. The van der Waals surface area contributed by atoms with Gasteiger partial charge in [0.1, 0.15) is 5.82 Å². The summed E-state index contributed by atoms with van der Waals surface area (Å²) in [4.78, 5) is 21.7. The molecule has 154 valence electrons. The molecule has 1 aromatic heterocycles. The van der Waals surface area contributed by atoms with Crippen molar-refractivity contribution >= 4 is 34.9 Å². The fourth-order valence-corrected chi connectivity index (χ4v) is 4.13. The molecular weight excluding hydrogens is 392 g/mol. The number of amides is 1. The fourth-order valence-electron chi connectivity index (χ4n) is 3.60. The number of aromatic nitrogens is 1. The molecule has 4 rings (SSSR count). The van der Waals surface area contributed by atoms with E-state index in [0.29, 0.717) is 11.3 Å². The summed E-state index contributed by atoms with van der Waals surface area (Å²) < 4.78 is 0. The van der Waals surface area contributed by atoms with Crippen LogP contribution in [0.25, 0.3) is 0 Å². The van der Waals surface area contributed by atoms with Crippen molar-refractivity contribution in [3.8, 4) is 0 Å². The van der Waals surface area contributed by atoms with Crippen LogP contribution in [0.4, 0.5) is 17.2 Å². The van der Waals surface area contributed by atoms with Crippen LogP contribution in [0, 0.1) is 0 Å². The van der Waals surface area contributed by atoms with Gasteiger partial charge in [-0.05, 0) is 48.2 Å². The van der Waals surface area contributed by atoms with Crippen molar-refractivity contribution in [2.75, 3.05) is 47.6 Å². The summed E-state index contributed by atoms with van der Waals surface area (Å²) in [5.74, 6) is 1.78. The minimum absolute atomic E-state index is 0.114.